The molecular formula is C15H21N3O2. The summed E-state index contributed by atoms with van der Waals surface area (Å²) in [7, 11) is 2.18. The average Bonchev–Trinajstić information content (AvgIpc) is 2.69. The molecule has 0 amide bonds. The maximum Gasteiger partial charge on any atom is 0.272 e. The van der Waals surface area contributed by atoms with Gasteiger partial charge < -0.3 is 9.80 Å². The van der Waals surface area contributed by atoms with E-state index in [0.717, 1.165) is 24.3 Å². The number of nitro groups is 1. The number of anilines is 1. The fraction of sp³-hybridized carbons (Fsp3) is 0.600. The number of likely N-dealkylation sites (N-methyl/N-ethyl adjacent to an activating group) is 1. The van der Waals surface area contributed by atoms with Gasteiger partial charge in [0.1, 0.15) is 0 Å². The Balaban J connectivity index is 1.92. The minimum absolute atomic E-state index is 0.216. The van der Waals surface area contributed by atoms with Crippen LogP contribution in [0.4, 0.5) is 11.4 Å². The van der Waals surface area contributed by atoms with Crippen molar-refractivity contribution in [1.29, 1.82) is 0 Å². The molecule has 0 aliphatic carbocycles. The van der Waals surface area contributed by atoms with Crippen molar-refractivity contribution >= 4 is 11.4 Å². The second kappa shape index (κ2) is 5.05. The lowest BCUT2D eigenvalue weighted by Crippen LogP contribution is -2.38. The van der Waals surface area contributed by atoms with Gasteiger partial charge in [-0.15, -0.1) is 0 Å². The monoisotopic (exact) mass is 275 g/mol. The highest BCUT2D eigenvalue weighted by molar-refractivity contribution is 5.57. The number of hydrogen-bond donors (Lipinski definition) is 0. The highest BCUT2D eigenvalue weighted by atomic mass is 16.6. The third-order valence-electron chi connectivity index (χ3n) is 4.66. The summed E-state index contributed by atoms with van der Waals surface area (Å²) in [5.74, 6) is 0. The van der Waals surface area contributed by atoms with Crippen LogP contribution in [0.1, 0.15) is 24.8 Å². The average molecular weight is 275 g/mol. The van der Waals surface area contributed by atoms with Crippen molar-refractivity contribution in [2.24, 2.45) is 0 Å². The number of hydrogen-bond acceptors (Lipinski definition) is 4. The number of benzene rings is 1. The quantitative estimate of drug-likeness (QED) is 0.615. The van der Waals surface area contributed by atoms with Crippen LogP contribution >= 0.6 is 0 Å². The molecule has 1 aromatic rings. The van der Waals surface area contributed by atoms with Gasteiger partial charge in [-0.3, -0.25) is 10.1 Å². The van der Waals surface area contributed by atoms with Gasteiger partial charge in [-0.1, -0.05) is 0 Å². The molecule has 0 spiro atoms. The van der Waals surface area contributed by atoms with E-state index in [9.17, 15) is 10.1 Å². The zero-order valence-electron chi connectivity index (χ0n) is 12.1. The Bertz CT molecular complexity index is 532. The molecule has 2 fully saturated rings. The molecular weight excluding hydrogens is 254 g/mol. The molecule has 2 aliphatic heterocycles. The van der Waals surface area contributed by atoms with E-state index in [4.69, 9.17) is 0 Å². The second-order valence-corrected chi connectivity index (χ2v) is 6.07. The van der Waals surface area contributed by atoms with Crippen LogP contribution < -0.4 is 4.90 Å². The topological polar surface area (TPSA) is 49.6 Å². The lowest BCUT2D eigenvalue weighted by molar-refractivity contribution is -0.385. The third-order valence-corrected chi connectivity index (χ3v) is 4.66. The van der Waals surface area contributed by atoms with Crippen molar-refractivity contribution in [3.8, 4) is 0 Å². The summed E-state index contributed by atoms with van der Waals surface area (Å²) >= 11 is 0. The Hall–Kier alpha value is -1.62. The molecule has 5 heteroatoms. The van der Waals surface area contributed by atoms with Crippen molar-refractivity contribution in [3.63, 3.8) is 0 Å². The highest BCUT2D eigenvalue weighted by Crippen LogP contribution is 2.36. The molecule has 108 valence electrons. The van der Waals surface area contributed by atoms with Crippen molar-refractivity contribution in [3.05, 3.63) is 33.9 Å². The molecule has 5 nitrogen and oxygen atoms in total. The predicted molar refractivity (Wildman–Crippen MR) is 79.2 cm³/mol. The van der Waals surface area contributed by atoms with E-state index < -0.39 is 0 Å². The molecule has 2 saturated heterocycles. The number of rotatable bonds is 2. The van der Waals surface area contributed by atoms with E-state index in [1.807, 2.05) is 19.1 Å². The van der Waals surface area contributed by atoms with Crippen molar-refractivity contribution in [1.82, 2.24) is 4.90 Å². The van der Waals surface area contributed by atoms with E-state index in [0.29, 0.717) is 12.1 Å². The highest BCUT2D eigenvalue weighted by Gasteiger charge is 2.36. The van der Waals surface area contributed by atoms with Gasteiger partial charge in [0, 0.05) is 35.9 Å². The van der Waals surface area contributed by atoms with Crippen LogP contribution in [0.5, 0.6) is 0 Å². The molecule has 0 saturated carbocycles. The molecule has 0 N–H and O–H groups in total. The van der Waals surface area contributed by atoms with Gasteiger partial charge in [0.2, 0.25) is 0 Å². The van der Waals surface area contributed by atoms with E-state index in [1.165, 1.54) is 19.3 Å². The van der Waals surface area contributed by atoms with Crippen molar-refractivity contribution in [2.45, 2.75) is 38.3 Å². The molecule has 2 atom stereocenters. The Morgan fingerprint density at radius 2 is 2.00 bits per heavy atom. The van der Waals surface area contributed by atoms with Crippen LogP contribution in [0.3, 0.4) is 0 Å². The summed E-state index contributed by atoms with van der Waals surface area (Å²) < 4.78 is 0. The van der Waals surface area contributed by atoms with Crippen LogP contribution in [-0.4, -0.2) is 42.0 Å². The van der Waals surface area contributed by atoms with Crippen LogP contribution in [-0.2, 0) is 0 Å². The number of nitrogens with zero attached hydrogens (tertiary/aromatic N) is 3. The Labute approximate surface area is 119 Å². The van der Waals surface area contributed by atoms with Crippen LogP contribution in [0.2, 0.25) is 0 Å². The maximum atomic E-state index is 10.9. The zero-order chi connectivity index (χ0) is 14.3. The lowest BCUT2D eigenvalue weighted by Gasteiger charge is -2.30. The van der Waals surface area contributed by atoms with Gasteiger partial charge in [-0.05, 0) is 51.9 Å². The first-order valence-corrected chi connectivity index (χ1v) is 7.28. The van der Waals surface area contributed by atoms with Gasteiger partial charge in [0.15, 0.2) is 0 Å². The van der Waals surface area contributed by atoms with Gasteiger partial charge in [-0.25, -0.2) is 0 Å². The number of likely N-dealkylation sites (tertiary alicyclic amines) is 1. The number of aryl methyl sites for hydroxylation is 1. The maximum absolute atomic E-state index is 10.9. The minimum Gasteiger partial charge on any atom is -0.364 e. The van der Waals surface area contributed by atoms with Gasteiger partial charge in [0.05, 0.1) is 4.92 Å². The standard InChI is InChI=1S/C15H21N3O2/c1-11-9-13(5-6-15(11)18(19)20)17-12-3-4-14(17)10-16(2)8-7-12/h5-6,9,12,14H,3-4,7-8,10H2,1-2H3/t12-,14+/m0/s1. The Kier molecular flexibility index (Phi) is 3.38. The number of nitro benzene ring substituents is 1. The minimum atomic E-state index is -0.302. The smallest absolute Gasteiger partial charge is 0.272 e. The molecule has 0 radical (unpaired) electrons. The van der Waals surface area contributed by atoms with Crippen molar-refractivity contribution < 1.29 is 4.92 Å². The summed E-state index contributed by atoms with van der Waals surface area (Å²) in [5.41, 5.74) is 2.12. The molecule has 2 heterocycles. The molecule has 0 unspecified atom stereocenters. The van der Waals surface area contributed by atoms with E-state index in [1.54, 1.807) is 6.07 Å². The van der Waals surface area contributed by atoms with Crippen LogP contribution in [0.25, 0.3) is 0 Å². The van der Waals surface area contributed by atoms with E-state index in [2.05, 4.69) is 16.8 Å². The van der Waals surface area contributed by atoms with Gasteiger partial charge >= 0.3 is 0 Å². The molecule has 2 aliphatic rings. The summed E-state index contributed by atoms with van der Waals surface area (Å²) in [4.78, 5) is 15.5. The molecule has 2 bridgehead atoms. The Morgan fingerprint density at radius 3 is 2.70 bits per heavy atom. The summed E-state index contributed by atoms with van der Waals surface area (Å²) in [5, 5.41) is 10.9. The molecule has 1 aromatic carbocycles. The van der Waals surface area contributed by atoms with Crippen LogP contribution in [0.15, 0.2) is 18.2 Å². The van der Waals surface area contributed by atoms with Gasteiger partial charge in [-0.2, -0.15) is 0 Å². The third kappa shape index (κ3) is 2.26. The largest absolute Gasteiger partial charge is 0.364 e. The first-order valence-electron chi connectivity index (χ1n) is 7.28. The Morgan fingerprint density at radius 1 is 1.25 bits per heavy atom. The normalized spacial score (nSPS) is 26.6. The lowest BCUT2D eigenvalue weighted by atomic mass is 10.1. The SMILES string of the molecule is Cc1cc(N2[C@H]3CC[C@@H]2CN(C)CC3)ccc1[N+](=O)[O-]. The fourth-order valence-electron chi connectivity index (χ4n) is 3.67. The zero-order valence-corrected chi connectivity index (χ0v) is 12.1. The first kappa shape index (κ1) is 13.4. The summed E-state index contributed by atoms with van der Waals surface area (Å²) in [6.07, 6.45) is 3.66. The predicted octanol–water partition coefficient (Wildman–Crippen LogP) is 2.58. The first-order chi connectivity index (χ1) is 9.56. The van der Waals surface area contributed by atoms with Crippen molar-refractivity contribution in [2.75, 3.05) is 25.0 Å². The number of fused-ring (bicyclic) bond motifs is 2. The second-order valence-electron chi connectivity index (χ2n) is 6.07. The molecule has 3 rings (SSSR count). The molecule has 0 aromatic heterocycles. The van der Waals surface area contributed by atoms with Crippen LogP contribution in [0, 0.1) is 17.0 Å². The molecule has 20 heavy (non-hydrogen) atoms. The summed E-state index contributed by atoms with van der Waals surface area (Å²) in [6.45, 7) is 4.06. The summed E-state index contributed by atoms with van der Waals surface area (Å²) in [6, 6.07) is 6.69. The van der Waals surface area contributed by atoms with E-state index in [-0.39, 0.29) is 10.6 Å². The van der Waals surface area contributed by atoms with Gasteiger partial charge in [0.25, 0.3) is 5.69 Å². The fourth-order valence-corrected chi connectivity index (χ4v) is 3.67. The van der Waals surface area contributed by atoms with E-state index >= 15 is 0 Å².